The summed E-state index contributed by atoms with van der Waals surface area (Å²) in [7, 11) is 0. The highest BCUT2D eigenvalue weighted by molar-refractivity contribution is 6.03. The molecule has 0 amide bonds. The number of carbonyl (C=O) groups is 4. The summed E-state index contributed by atoms with van der Waals surface area (Å²) >= 11 is 0. The van der Waals surface area contributed by atoms with Crippen molar-refractivity contribution in [3.63, 3.8) is 0 Å². The molecule has 0 spiro atoms. The molecule has 28 nitrogen and oxygen atoms in total. The Morgan fingerprint density at radius 1 is 0.754 bits per heavy atom. The van der Waals surface area contributed by atoms with Gasteiger partial charge in [0.2, 0.25) is 0 Å². The van der Waals surface area contributed by atoms with Gasteiger partial charge in [0.05, 0.1) is 50.6 Å². The fourth-order valence-corrected chi connectivity index (χ4v) is 6.68. The molecule has 6 aromatic rings. The zero-order valence-electron chi connectivity index (χ0n) is 36.4. The maximum absolute atomic E-state index is 11.9. The number of hydrazone groups is 1. The molecule has 0 bridgehead atoms. The minimum Gasteiger partial charge on any atom is -0.479 e. The molecule has 1 unspecified atom stereocenters. The molecule has 0 radical (unpaired) electrons. The number of rotatable bonds is 15. The monoisotopic (exact) mass is 938 g/mol. The normalized spacial score (nSPS) is 13.5. The first kappa shape index (κ1) is 46.9. The quantitative estimate of drug-likeness (QED) is 0.0409. The number of carboxylic acid groups (broad SMARTS) is 4. The summed E-state index contributed by atoms with van der Waals surface area (Å²) < 4.78 is 4.19. The van der Waals surface area contributed by atoms with Gasteiger partial charge in [0, 0.05) is 12.1 Å². The van der Waals surface area contributed by atoms with Crippen molar-refractivity contribution in [2.75, 3.05) is 11.5 Å². The Morgan fingerprint density at radius 3 is 1.68 bits per heavy atom. The highest BCUT2D eigenvalue weighted by atomic mass is 16.4. The standard InChI is InChI=1S/C41H35N19O9/c1-17(2)6-26-29(51-53-33-23(14-42)15-46-57(33)24-10-19(35(61)62)8-20(11-24)36(63)64)31(43)59(55-26)39-48-40(50-41(69)49-39)60-32(44)30(27(56-60)7-18(3)4)52-54-34-28(45-5)16-47-58(34)25-12-21(37(65)66)9-22(13-25)38(67)68/h8-13,15-18,28,44H,6-7H2,1-4H3,(H7,43,46,48,49,50,53,55,61,62,63,64,65,66,67,68,69)/p+1. The molecule has 0 saturated carbocycles. The lowest BCUT2D eigenvalue weighted by atomic mass is 10.1. The minimum absolute atomic E-state index is 0.0101. The van der Waals surface area contributed by atoms with Crippen LogP contribution in [0.4, 0.5) is 34.5 Å². The van der Waals surface area contributed by atoms with Crippen LogP contribution in [0.1, 0.15) is 86.1 Å². The molecule has 1 aliphatic heterocycles. The molecule has 0 aliphatic carbocycles. The number of aromatic nitrogens is 9. The summed E-state index contributed by atoms with van der Waals surface area (Å²) in [6, 6.07) is 6.48. The van der Waals surface area contributed by atoms with E-state index in [1.807, 2.05) is 33.8 Å². The maximum Gasteiger partial charge on any atom is 0.440 e. The Bertz CT molecular complexity index is 3280. The van der Waals surface area contributed by atoms with Crippen molar-refractivity contribution < 1.29 is 49.4 Å². The van der Waals surface area contributed by atoms with E-state index in [2.05, 4.69) is 60.7 Å². The van der Waals surface area contributed by atoms with E-state index in [9.17, 15) is 50.0 Å². The van der Waals surface area contributed by atoms with Gasteiger partial charge in [-0.15, -0.1) is 10.2 Å². The van der Waals surface area contributed by atoms with E-state index in [1.165, 1.54) is 6.21 Å². The molecule has 28 heteroatoms. The van der Waals surface area contributed by atoms with E-state index >= 15 is 0 Å². The van der Waals surface area contributed by atoms with Gasteiger partial charge >= 0.3 is 41.8 Å². The van der Waals surface area contributed by atoms with Gasteiger partial charge < -0.3 is 37.0 Å². The van der Waals surface area contributed by atoms with Crippen LogP contribution >= 0.6 is 0 Å². The van der Waals surface area contributed by atoms with E-state index in [0.717, 1.165) is 61.3 Å². The number of benzene rings is 2. The summed E-state index contributed by atoms with van der Waals surface area (Å²) in [6.07, 6.45) is 2.86. The van der Waals surface area contributed by atoms with Gasteiger partial charge in [-0.25, -0.2) is 30.4 Å². The number of aromatic carboxylic acids is 4. The Kier molecular flexibility index (Phi) is 12.7. The highest BCUT2D eigenvalue weighted by Gasteiger charge is 2.39. The van der Waals surface area contributed by atoms with Crippen molar-refractivity contribution in [2.24, 2.45) is 37.4 Å². The number of aromatic hydroxyl groups is 1. The predicted molar refractivity (Wildman–Crippen MR) is 237 cm³/mol. The van der Waals surface area contributed by atoms with Crippen molar-refractivity contribution in [3.8, 4) is 29.7 Å². The van der Waals surface area contributed by atoms with E-state index in [0.29, 0.717) is 0 Å². The van der Waals surface area contributed by atoms with Gasteiger partial charge in [-0.05, 0) is 54.1 Å². The van der Waals surface area contributed by atoms with Crippen LogP contribution in [0.15, 0.2) is 68.2 Å². The van der Waals surface area contributed by atoms with Crippen molar-refractivity contribution in [2.45, 2.75) is 46.6 Å². The van der Waals surface area contributed by atoms with E-state index < -0.39 is 35.9 Å². The molecule has 1 atom stereocenters. The number of azo groups is 2. The lowest BCUT2D eigenvalue weighted by Gasteiger charge is -2.07. The first-order valence-electron chi connectivity index (χ1n) is 20.1. The number of anilines is 2. The third kappa shape index (κ3) is 9.51. The smallest absolute Gasteiger partial charge is 0.440 e. The number of amidine groups is 1. The number of nitrogens with zero attached hydrogens (tertiary/aromatic N) is 17. The van der Waals surface area contributed by atoms with Gasteiger partial charge in [-0.1, -0.05) is 37.5 Å². The number of nitrogens with two attached hydrogens (primary N) is 2. The van der Waals surface area contributed by atoms with Crippen molar-refractivity contribution in [1.82, 2.24) is 44.3 Å². The molecule has 5 heterocycles. The van der Waals surface area contributed by atoms with Crippen LogP contribution in [0.2, 0.25) is 0 Å². The SMILES string of the molecule is [C-]#[N+]C1C=N[N+](c2cc(C(=O)O)cc(C(=O)O)c2)=C1N=Nc1c(CC(C)C)nn(-c2nc(O)nc(-n3nc(CC(C)C)c(N=Nc4c(C#N)cnn4-c4cc(C(=O)O)cc(C(=O)O)c4)c3N)n2)c1N. The molecular weight excluding hydrogens is 903 g/mol. The second-order valence-electron chi connectivity index (χ2n) is 15.7. The van der Waals surface area contributed by atoms with Crippen LogP contribution in [0.5, 0.6) is 6.01 Å². The zero-order chi connectivity index (χ0) is 50.0. The van der Waals surface area contributed by atoms with Gasteiger partial charge in [0.15, 0.2) is 34.5 Å². The van der Waals surface area contributed by atoms with Crippen molar-refractivity contribution in [1.29, 1.82) is 5.26 Å². The van der Waals surface area contributed by atoms with Crippen LogP contribution in [-0.2, 0) is 12.8 Å². The summed E-state index contributed by atoms with van der Waals surface area (Å²) in [4.78, 5) is 63.4. The molecule has 1 aliphatic rings. The van der Waals surface area contributed by atoms with Crippen LogP contribution in [0.3, 0.4) is 0 Å². The number of nitriles is 1. The average Bonchev–Trinajstić information content (AvgIpc) is 4.06. The molecule has 0 saturated heterocycles. The summed E-state index contributed by atoms with van der Waals surface area (Å²) in [5.74, 6) is -7.18. The van der Waals surface area contributed by atoms with Gasteiger partial charge in [-0.2, -0.15) is 44.9 Å². The summed E-state index contributed by atoms with van der Waals surface area (Å²) in [6.45, 7) is 15.3. The first-order chi connectivity index (χ1) is 32.8. The number of hydrogen-bond acceptors (Lipinski definition) is 19. The molecule has 2 aromatic carbocycles. The minimum atomic E-state index is -1.42. The van der Waals surface area contributed by atoms with Gasteiger partial charge in [0.25, 0.3) is 11.9 Å². The van der Waals surface area contributed by atoms with E-state index in [-0.39, 0.29) is 122 Å². The van der Waals surface area contributed by atoms with Crippen molar-refractivity contribution in [3.05, 3.63) is 93.2 Å². The van der Waals surface area contributed by atoms with E-state index in [4.69, 9.17) is 18.0 Å². The lowest BCUT2D eigenvalue weighted by Crippen LogP contribution is -2.17. The number of hydrogen-bond donors (Lipinski definition) is 7. The molecule has 9 N–H and O–H groups in total. The topological polar surface area (TPSA) is 407 Å². The summed E-state index contributed by atoms with van der Waals surface area (Å²) in [5, 5.41) is 94.0. The molecular formula is C41H36N19O9+. The average molecular weight is 939 g/mol. The second-order valence-corrected chi connectivity index (χ2v) is 15.7. The lowest BCUT2D eigenvalue weighted by molar-refractivity contribution is -0.442. The maximum atomic E-state index is 11.9. The second kappa shape index (κ2) is 18.8. The van der Waals surface area contributed by atoms with Crippen LogP contribution in [0, 0.1) is 29.7 Å². The Hall–Kier alpha value is -10.1. The Balaban J connectivity index is 1.31. The predicted octanol–water partition coefficient (Wildman–Crippen LogP) is 4.89. The Morgan fingerprint density at radius 2 is 1.23 bits per heavy atom. The van der Waals surface area contributed by atoms with Gasteiger partial charge in [0.1, 0.15) is 17.8 Å². The van der Waals surface area contributed by atoms with Crippen LogP contribution < -0.4 is 11.5 Å². The molecule has 7 rings (SSSR count). The van der Waals surface area contributed by atoms with Crippen LogP contribution in [-0.4, -0.2) is 116 Å². The van der Waals surface area contributed by atoms with Crippen molar-refractivity contribution >= 4 is 70.4 Å². The zero-order valence-corrected chi connectivity index (χ0v) is 36.4. The molecule has 348 valence electrons. The first-order valence-corrected chi connectivity index (χ1v) is 20.1. The molecule has 69 heavy (non-hydrogen) atoms. The molecule has 0 fully saturated rings. The summed E-state index contributed by atoms with van der Waals surface area (Å²) in [5.41, 5.74) is 12.1. The number of carboxylic acids is 4. The largest absolute Gasteiger partial charge is 0.479 e. The van der Waals surface area contributed by atoms with Crippen LogP contribution in [0.25, 0.3) is 22.4 Å². The molecule has 4 aromatic heterocycles. The van der Waals surface area contributed by atoms with E-state index in [1.54, 1.807) is 0 Å². The van der Waals surface area contributed by atoms with Gasteiger partial charge in [-0.3, -0.25) is 4.85 Å². The highest BCUT2D eigenvalue weighted by Crippen LogP contribution is 2.35. The third-order valence-corrected chi connectivity index (χ3v) is 9.73. The third-order valence-electron chi connectivity index (χ3n) is 9.73. The fourth-order valence-electron chi connectivity index (χ4n) is 6.68. The Labute approximate surface area is 387 Å². The fraction of sp³-hybridized carbons (Fsp3) is 0.220. The number of nitrogen functional groups attached to an aromatic ring is 2.